The van der Waals surface area contributed by atoms with Gasteiger partial charge in [-0.2, -0.15) is 0 Å². The molecule has 3 aromatic rings. The second kappa shape index (κ2) is 8.50. The van der Waals surface area contributed by atoms with E-state index >= 15 is 0 Å². The van der Waals surface area contributed by atoms with E-state index in [1.807, 2.05) is 0 Å². The average molecular weight is 376 g/mol. The molecule has 1 aromatic heterocycles. The SMILES string of the molecule is O=C(Nc1ccccc1C(=O)O)/C(=C\c1ccco1)NC(=O)c1ccccc1. The fraction of sp³-hybridized carbons (Fsp3) is 0. The first-order valence-electron chi connectivity index (χ1n) is 8.30. The molecule has 0 bridgehead atoms. The van der Waals surface area contributed by atoms with E-state index in [0.717, 1.165) is 0 Å². The Kier molecular flexibility index (Phi) is 5.66. The van der Waals surface area contributed by atoms with Crippen LogP contribution in [0, 0.1) is 0 Å². The molecule has 1 heterocycles. The number of benzene rings is 2. The molecule has 0 saturated heterocycles. The van der Waals surface area contributed by atoms with Crippen molar-refractivity contribution in [3.63, 3.8) is 0 Å². The van der Waals surface area contributed by atoms with E-state index in [1.54, 1.807) is 54.6 Å². The fourth-order valence-electron chi connectivity index (χ4n) is 2.43. The van der Waals surface area contributed by atoms with Gasteiger partial charge in [0.2, 0.25) is 0 Å². The van der Waals surface area contributed by atoms with Gasteiger partial charge in [0, 0.05) is 11.6 Å². The highest BCUT2D eigenvalue weighted by Gasteiger charge is 2.18. The van der Waals surface area contributed by atoms with Gasteiger partial charge < -0.3 is 20.2 Å². The Bertz CT molecular complexity index is 1020. The Hall–Kier alpha value is -4.13. The summed E-state index contributed by atoms with van der Waals surface area (Å²) in [7, 11) is 0. The predicted octanol–water partition coefficient (Wildman–Crippen LogP) is 3.39. The molecule has 7 heteroatoms. The molecule has 0 fully saturated rings. The van der Waals surface area contributed by atoms with Crippen LogP contribution in [0.2, 0.25) is 0 Å². The van der Waals surface area contributed by atoms with Crippen LogP contribution >= 0.6 is 0 Å². The Morgan fingerprint density at radius 2 is 1.61 bits per heavy atom. The lowest BCUT2D eigenvalue weighted by molar-refractivity contribution is -0.113. The van der Waals surface area contributed by atoms with Gasteiger partial charge in [0.25, 0.3) is 11.8 Å². The molecule has 28 heavy (non-hydrogen) atoms. The van der Waals surface area contributed by atoms with Gasteiger partial charge >= 0.3 is 5.97 Å². The first-order valence-corrected chi connectivity index (χ1v) is 8.30. The number of rotatable bonds is 6. The molecular weight excluding hydrogens is 360 g/mol. The zero-order valence-corrected chi connectivity index (χ0v) is 14.6. The molecule has 2 aromatic carbocycles. The van der Waals surface area contributed by atoms with Crippen molar-refractivity contribution >= 4 is 29.5 Å². The normalized spacial score (nSPS) is 10.9. The van der Waals surface area contributed by atoms with Crippen LogP contribution in [0.25, 0.3) is 6.08 Å². The molecule has 0 aliphatic rings. The van der Waals surface area contributed by atoms with Crippen LogP contribution in [-0.2, 0) is 4.79 Å². The number of carbonyl (C=O) groups excluding carboxylic acids is 2. The van der Waals surface area contributed by atoms with Crippen LogP contribution in [0.1, 0.15) is 26.5 Å². The van der Waals surface area contributed by atoms with Crippen molar-refractivity contribution < 1.29 is 23.9 Å². The molecule has 0 unspecified atom stereocenters. The van der Waals surface area contributed by atoms with Crippen LogP contribution in [0.3, 0.4) is 0 Å². The number of carboxylic acid groups (broad SMARTS) is 1. The van der Waals surface area contributed by atoms with Crippen LogP contribution in [0.15, 0.2) is 83.1 Å². The summed E-state index contributed by atoms with van der Waals surface area (Å²) in [5.41, 5.74) is 0.317. The average Bonchev–Trinajstić information content (AvgIpc) is 3.21. The lowest BCUT2D eigenvalue weighted by atomic mass is 10.1. The van der Waals surface area contributed by atoms with Crippen molar-refractivity contribution in [2.75, 3.05) is 5.32 Å². The van der Waals surface area contributed by atoms with Crippen molar-refractivity contribution in [1.29, 1.82) is 0 Å². The Labute approximate surface area is 160 Å². The highest BCUT2D eigenvalue weighted by atomic mass is 16.4. The monoisotopic (exact) mass is 376 g/mol. The highest BCUT2D eigenvalue weighted by molar-refractivity contribution is 6.12. The van der Waals surface area contributed by atoms with Gasteiger partial charge in [-0.3, -0.25) is 9.59 Å². The van der Waals surface area contributed by atoms with E-state index in [9.17, 15) is 19.5 Å². The molecule has 140 valence electrons. The summed E-state index contributed by atoms with van der Waals surface area (Å²) in [6, 6.07) is 17.6. The third-order valence-electron chi connectivity index (χ3n) is 3.76. The number of hydrogen-bond acceptors (Lipinski definition) is 4. The topological polar surface area (TPSA) is 109 Å². The van der Waals surface area contributed by atoms with Gasteiger partial charge in [-0.25, -0.2) is 4.79 Å². The number of amides is 2. The second-order valence-electron chi connectivity index (χ2n) is 5.70. The minimum atomic E-state index is -1.18. The summed E-state index contributed by atoms with van der Waals surface area (Å²) < 4.78 is 5.21. The molecule has 0 radical (unpaired) electrons. The smallest absolute Gasteiger partial charge is 0.337 e. The third kappa shape index (κ3) is 4.53. The Morgan fingerprint density at radius 3 is 2.29 bits per heavy atom. The number of furan rings is 1. The molecule has 3 rings (SSSR count). The van der Waals surface area contributed by atoms with Crippen LogP contribution in [-0.4, -0.2) is 22.9 Å². The molecule has 0 atom stereocenters. The van der Waals surface area contributed by atoms with Crippen LogP contribution < -0.4 is 10.6 Å². The zero-order chi connectivity index (χ0) is 19.9. The number of carboxylic acids is 1. The van der Waals surface area contributed by atoms with E-state index in [4.69, 9.17) is 4.42 Å². The van der Waals surface area contributed by atoms with Crippen molar-refractivity contribution in [3.05, 3.63) is 95.6 Å². The maximum atomic E-state index is 12.8. The van der Waals surface area contributed by atoms with Crippen LogP contribution in [0.4, 0.5) is 5.69 Å². The molecule has 0 aliphatic heterocycles. The minimum Gasteiger partial charge on any atom is -0.478 e. The molecular formula is C21H16N2O5. The van der Waals surface area contributed by atoms with Gasteiger partial charge in [-0.05, 0) is 36.4 Å². The maximum Gasteiger partial charge on any atom is 0.337 e. The lowest BCUT2D eigenvalue weighted by Gasteiger charge is -2.12. The minimum absolute atomic E-state index is 0.0671. The van der Waals surface area contributed by atoms with E-state index in [2.05, 4.69) is 10.6 Å². The van der Waals surface area contributed by atoms with Crippen LogP contribution in [0.5, 0.6) is 0 Å². The molecule has 0 saturated carbocycles. The first-order chi connectivity index (χ1) is 13.5. The van der Waals surface area contributed by atoms with E-state index in [-0.39, 0.29) is 16.9 Å². The summed E-state index contributed by atoms with van der Waals surface area (Å²) >= 11 is 0. The molecule has 3 N–H and O–H groups in total. The molecule has 7 nitrogen and oxygen atoms in total. The number of carbonyl (C=O) groups is 3. The summed E-state index contributed by atoms with van der Waals surface area (Å²) in [4.78, 5) is 36.6. The Balaban J connectivity index is 1.88. The van der Waals surface area contributed by atoms with E-state index in [0.29, 0.717) is 11.3 Å². The summed E-state index contributed by atoms with van der Waals surface area (Å²) in [5.74, 6) is -2.00. The number of anilines is 1. The second-order valence-corrected chi connectivity index (χ2v) is 5.70. The molecule has 2 amide bonds. The maximum absolute atomic E-state index is 12.8. The summed E-state index contributed by atoms with van der Waals surface area (Å²) in [6.45, 7) is 0. The van der Waals surface area contributed by atoms with Gasteiger partial charge in [0.05, 0.1) is 17.5 Å². The fourth-order valence-corrected chi connectivity index (χ4v) is 2.43. The van der Waals surface area contributed by atoms with Crippen molar-refractivity contribution in [1.82, 2.24) is 5.32 Å². The number of hydrogen-bond donors (Lipinski definition) is 3. The van der Waals surface area contributed by atoms with Gasteiger partial charge in [0.15, 0.2) is 0 Å². The lowest BCUT2D eigenvalue weighted by Crippen LogP contribution is -2.31. The van der Waals surface area contributed by atoms with Gasteiger partial charge in [0.1, 0.15) is 11.5 Å². The Morgan fingerprint density at radius 1 is 0.893 bits per heavy atom. The predicted molar refractivity (Wildman–Crippen MR) is 103 cm³/mol. The number of nitrogens with one attached hydrogen (secondary N) is 2. The van der Waals surface area contributed by atoms with Crippen molar-refractivity contribution in [3.8, 4) is 0 Å². The standard InChI is InChI=1S/C21H16N2O5/c24-19(14-7-2-1-3-8-14)23-18(13-15-9-6-12-28-15)20(25)22-17-11-5-4-10-16(17)21(26)27/h1-13H,(H,22,25)(H,23,24)(H,26,27)/b18-13+. The first kappa shape index (κ1) is 18.7. The van der Waals surface area contributed by atoms with E-state index in [1.165, 1.54) is 24.5 Å². The zero-order valence-electron chi connectivity index (χ0n) is 14.6. The van der Waals surface area contributed by atoms with Crippen molar-refractivity contribution in [2.24, 2.45) is 0 Å². The van der Waals surface area contributed by atoms with Crippen molar-refractivity contribution in [2.45, 2.75) is 0 Å². The summed E-state index contributed by atoms with van der Waals surface area (Å²) in [6.07, 6.45) is 2.79. The third-order valence-corrected chi connectivity index (χ3v) is 3.76. The van der Waals surface area contributed by atoms with Gasteiger partial charge in [-0.1, -0.05) is 30.3 Å². The highest BCUT2D eigenvalue weighted by Crippen LogP contribution is 2.16. The van der Waals surface area contributed by atoms with Gasteiger partial charge in [-0.15, -0.1) is 0 Å². The number of aromatic carboxylic acids is 1. The number of para-hydroxylation sites is 1. The van der Waals surface area contributed by atoms with E-state index < -0.39 is 17.8 Å². The summed E-state index contributed by atoms with van der Waals surface area (Å²) in [5, 5.41) is 14.3. The quantitative estimate of drug-likeness (QED) is 0.572. The molecule has 0 spiro atoms. The molecule has 0 aliphatic carbocycles. The largest absolute Gasteiger partial charge is 0.478 e.